The van der Waals surface area contributed by atoms with Crippen molar-refractivity contribution in [2.75, 3.05) is 6.54 Å². The van der Waals surface area contributed by atoms with Crippen LogP contribution in [0.15, 0.2) is 42.9 Å². The Kier molecular flexibility index (Phi) is 5.06. The van der Waals surface area contributed by atoms with Crippen molar-refractivity contribution < 1.29 is 0 Å². The zero-order chi connectivity index (χ0) is 14.3. The molecular formula is C18H25N3. The summed E-state index contributed by atoms with van der Waals surface area (Å²) >= 11 is 0. The summed E-state index contributed by atoms with van der Waals surface area (Å²) < 4.78 is 0. The Bertz CT molecular complexity index is 501. The maximum absolute atomic E-state index is 4.08. The summed E-state index contributed by atoms with van der Waals surface area (Å²) in [7, 11) is 0. The molecule has 3 heteroatoms. The van der Waals surface area contributed by atoms with E-state index in [1.54, 1.807) is 6.33 Å². The molecule has 1 saturated carbocycles. The van der Waals surface area contributed by atoms with Crippen LogP contribution >= 0.6 is 0 Å². The molecule has 1 aliphatic rings. The van der Waals surface area contributed by atoms with E-state index in [2.05, 4.69) is 45.6 Å². The van der Waals surface area contributed by atoms with Crippen LogP contribution in [-0.4, -0.2) is 16.5 Å². The fourth-order valence-corrected chi connectivity index (χ4v) is 3.47. The zero-order valence-electron chi connectivity index (χ0n) is 12.6. The number of hydrogen-bond donors (Lipinski definition) is 2. The number of aromatic amines is 1. The molecule has 1 aromatic heterocycles. The maximum atomic E-state index is 4.08. The largest absolute Gasteiger partial charge is 0.348 e. The van der Waals surface area contributed by atoms with Crippen molar-refractivity contribution in [2.45, 2.75) is 44.6 Å². The summed E-state index contributed by atoms with van der Waals surface area (Å²) in [5.41, 5.74) is 2.65. The van der Waals surface area contributed by atoms with E-state index in [1.165, 1.54) is 43.4 Å². The van der Waals surface area contributed by atoms with E-state index in [0.29, 0.717) is 6.04 Å². The summed E-state index contributed by atoms with van der Waals surface area (Å²) in [6, 6.07) is 11.4. The summed E-state index contributed by atoms with van der Waals surface area (Å²) in [4.78, 5) is 7.26. The Morgan fingerprint density at radius 2 is 1.95 bits per heavy atom. The Morgan fingerprint density at radius 1 is 1.14 bits per heavy atom. The van der Waals surface area contributed by atoms with Crippen molar-refractivity contribution in [2.24, 2.45) is 5.92 Å². The van der Waals surface area contributed by atoms with Crippen LogP contribution in [0.2, 0.25) is 0 Å². The number of hydrogen-bond acceptors (Lipinski definition) is 2. The minimum Gasteiger partial charge on any atom is -0.348 e. The molecule has 1 fully saturated rings. The van der Waals surface area contributed by atoms with Crippen LogP contribution in [0.5, 0.6) is 0 Å². The number of aromatic nitrogens is 2. The quantitative estimate of drug-likeness (QED) is 0.845. The normalized spacial score (nSPS) is 17.7. The van der Waals surface area contributed by atoms with E-state index in [-0.39, 0.29) is 0 Å². The fourth-order valence-electron chi connectivity index (χ4n) is 3.47. The fraction of sp³-hybridized carbons (Fsp3) is 0.500. The van der Waals surface area contributed by atoms with Crippen LogP contribution < -0.4 is 5.32 Å². The lowest BCUT2D eigenvalue weighted by atomic mass is 9.81. The number of nitrogens with one attached hydrogen (secondary N) is 2. The van der Waals surface area contributed by atoms with Crippen molar-refractivity contribution in [3.8, 4) is 0 Å². The Hall–Kier alpha value is -1.61. The number of rotatable bonds is 6. The number of imidazole rings is 1. The van der Waals surface area contributed by atoms with Crippen LogP contribution in [0.4, 0.5) is 0 Å². The molecule has 3 nitrogen and oxygen atoms in total. The van der Waals surface area contributed by atoms with Gasteiger partial charge >= 0.3 is 0 Å². The van der Waals surface area contributed by atoms with Crippen molar-refractivity contribution >= 4 is 0 Å². The van der Waals surface area contributed by atoms with Gasteiger partial charge in [-0.1, -0.05) is 49.6 Å². The van der Waals surface area contributed by atoms with Gasteiger partial charge in [-0.15, -0.1) is 0 Å². The summed E-state index contributed by atoms with van der Waals surface area (Å²) in [5.74, 6) is 0.780. The first-order valence-corrected chi connectivity index (χ1v) is 8.19. The molecule has 1 aromatic carbocycles. The van der Waals surface area contributed by atoms with E-state index in [0.717, 1.165) is 18.9 Å². The molecule has 0 saturated heterocycles. The number of nitrogens with zero attached hydrogens (tertiary/aromatic N) is 1. The maximum Gasteiger partial charge on any atom is 0.0921 e. The highest BCUT2D eigenvalue weighted by atomic mass is 14.9. The standard InChI is InChI=1S/C18H25N3/c1-3-7-15(8-4-1)18(16-9-5-2-6-10-16)20-12-11-17-13-19-14-21-17/h1,3-4,7-8,13-14,16,18,20H,2,5-6,9-12H2,(H,19,21). The topological polar surface area (TPSA) is 40.7 Å². The molecule has 0 spiro atoms. The lowest BCUT2D eigenvalue weighted by Gasteiger charge is -2.31. The third-order valence-electron chi connectivity index (χ3n) is 4.59. The van der Waals surface area contributed by atoms with Gasteiger partial charge < -0.3 is 10.3 Å². The van der Waals surface area contributed by atoms with E-state index < -0.39 is 0 Å². The van der Waals surface area contributed by atoms with Crippen LogP contribution in [-0.2, 0) is 6.42 Å². The minimum absolute atomic E-state index is 0.495. The van der Waals surface area contributed by atoms with E-state index in [4.69, 9.17) is 0 Å². The van der Waals surface area contributed by atoms with Crippen molar-refractivity contribution in [1.29, 1.82) is 0 Å². The molecule has 0 aliphatic heterocycles. The molecule has 0 radical (unpaired) electrons. The van der Waals surface area contributed by atoms with Gasteiger partial charge in [0.15, 0.2) is 0 Å². The van der Waals surface area contributed by atoms with Crippen LogP contribution in [0.3, 0.4) is 0 Å². The Labute approximate surface area is 127 Å². The van der Waals surface area contributed by atoms with Gasteiger partial charge in [-0.05, 0) is 24.3 Å². The molecule has 112 valence electrons. The average Bonchev–Trinajstić information content (AvgIpc) is 3.07. The van der Waals surface area contributed by atoms with E-state index >= 15 is 0 Å². The first-order chi connectivity index (χ1) is 10.4. The molecule has 0 bridgehead atoms. The second-order valence-corrected chi connectivity index (χ2v) is 6.07. The second-order valence-electron chi connectivity index (χ2n) is 6.07. The second kappa shape index (κ2) is 7.41. The highest BCUT2D eigenvalue weighted by molar-refractivity contribution is 5.20. The summed E-state index contributed by atoms with van der Waals surface area (Å²) in [6.45, 7) is 0.998. The minimum atomic E-state index is 0.495. The number of benzene rings is 1. The molecule has 1 atom stereocenters. The van der Waals surface area contributed by atoms with Gasteiger partial charge in [-0.25, -0.2) is 4.98 Å². The van der Waals surface area contributed by atoms with Crippen LogP contribution in [0.25, 0.3) is 0 Å². The predicted molar refractivity (Wildman–Crippen MR) is 86.1 cm³/mol. The highest BCUT2D eigenvalue weighted by Crippen LogP contribution is 2.34. The Morgan fingerprint density at radius 3 is 2.67 bits per heavy atom. The van der Waals surface area contributed by atoms with Gasteiger partial charge in [-0.3, -0.25) is 0 Å². The van der Waals surface area contributed by atoms with Crippen molar-refractivity contribution in [3.63, 3.8) is 0 Å². The van der Waals surface area contributed by atoms with Crippen LogP contribution in [0, 0.1) is 5.92 Å². The first-order valence-electron chi connectivity index (χ1n) is 8.19. The van der Waals surface area contributed by atoms with Gasteiger partial charge in [0.25, 0.3) is 0 Å². The summed E-state index contributed by atoms with van der Waals surface area (Å²) in [5, 5.41) is 3.80. The summed E-state index contributed by atoms with van der Waals surface area (Å²) in [6.07, 6.45) is 11.6. The lowest BCUT2D eigenvalue weighted by Crippen LogP contribution is -2.31. The molecule has 1 heterocycles. The molecule has 1 unspecified atom stereocenters. The third kappa shape index (κ3) is 3.94. The predicted octanol–water partition coefficient (Wildman–Crippen LogP) is 3.86. The molecular weight excluding hydrogens is 258 g/mol. The van der Waals surface area contributed by atoms with Crippen molar-refractivity contribution in [3.05, 3.63) is 54.1 Å². The molecule has 3 rings (SSSR count). The van der Waals surface area contributed by atoms with Gasteiger partial charge in [-0.2, -0.15) is 0 Å². The van der Waals surface area contributed by atoms with Crippen LogP contribution in [0.1, 0.15) is 49.4 Å². The molecule has 2 aromatic rings. The smallest absolute Gasteiger partial charge is 0.0921 e. The van der Waals surface area contributed by atoms with E-state index in [1.807, 2.05) is 6.20 Å². The molecule has 0 amide bonds. The zero-order valence-corrected chi connectivity index (χ0v) is 12.6. The number of H-pyrrole nitrogens is 1. The van der Waals surface area contributed by atoms with Gasteiger partial charge in [0.05, 0.1) is 6.33 Å². The van der Waals surface area contributed by atoms with Gasteiger partial charge in [0.2, 0.25) is 0 Å². The average molecular weight is 283 g/mol. The highest BCUT2D eigenvalue weighted by Gasteiger charge is 2.24. The van der Waals surface area contributed by atoms with Gasteiger partial charge in [0, 0.05) is 30.9 Å². The SMILES string of the molecule is c1ccc(C(NCCc2cnc[nH]2)C2CCCCC2)cc1. The molecule has 2 N–H and O–H groups in total. The molecule has 1 aliphatic carbocycles. The Balaban J connectivity index is 1.63. The molecule has 21 heavy (non-hydrogen) atoms. The van der Waals surface area contributed by atoms with Crippen molar-refractivity contribution in [1.82, 2.24) is 15.3 Å². The lowest BCUT2D eigenvalue weighted by molar-refractivity contribution is 0.272. The third-order valence-corrected chi connectivity index (χ3v) is 4.59. The monoisotopic (exact) mass is 283 g/mol. The van der Waals surface area contributed by atoms with E-state index in [9.17, 15) is 0 Å². The van der Waals surface area contributed by atoms with Gasteiger partial charge in [0.1, 0.15) is 0 Å². The first kappa shape index (κ1) is 14.3.